The molecule has 7 nitrogen and oxygen atoms in total. The average molecular weight is 302 g/mol. The number of nitrogens with one attached hydrogen (secondary N) is 1. The van der Waals surface area contributed by atoms with Crippen LogP contribution in [-0.2, 0) is 9.53 Å². The zero-order valence-electron chi connectivity index (χ0n) is 12.6. The molecular formula is C15H18N4O3. The fraction of sp³-hybridized carbons (Fsp3) is 0.467. The molecule has 1 N–H and O–H groups in total. The number of carbonyl (C=O) groups is 2. The zero-order valence-corrected chi connectivity index (χ0v) is 12.6. The number of aryl methyl sites for hydroxylation is 1. The summed E-state index contributed by atoms with van der Waals surface area (Å²) in [5.74, 6) is -0.305. The Hall–Kier alpha value is -2.44. The quantitative estimate of drug-likeness (QED) is 0.836. The van der Waals surface area contributed by atoms with Gasteiger partial charge in [-0.3, -0.25) is 4.79 Å². The molecule has 2 aromatic heterocycles. The van der Waals surface area contributed by atoms with Gasteiger partial charge in [-0.25, -0.2) is 14.3 Å². The maximum Gasteiger partial charge on any atom is 0.344 e. The van der Waals surface area contributed by atoms with Crippen molar-refractivity contribution in [3.63, 3.8) is 0 Å². The summed E-state index contributed by atoms with van der Waals surface area (Å²) in [4.78, 5) is 28.1. The van der Waals surface area contributed by atoms with Gasteiger partial charge in [-0.2, -0.15) is 5.10 Å². The Bertz CT molecular complexity index is 721. The van der Waals surface area contributed by atoms with E-state index in [2.05, 4.69) is 15.4 Å². The van der Waals surface area contributed by atoms with Crippen molar-refractivity contribution in [2.75, 3.05) is 6.61 Å². The number of ether oxygens (including phenoxy) is 1. The lowest BCUT2D eigenvalue weighted by Gasteiger charge is -2.12. The molecule has 0 aliphatic heterocycles. The second kappa shape index (κ2) is 5.75. The van der Waals surface area contributed by atoms with E-state index in [9.17, 15) is 9.59 Å². The molecule has 1 fully saturated rings. The number of carbonyl (C=O) groups excluding carboxylic acids is 2. The minimum absolute atomic E-state index is 0.131. The summed E-state index contributed by atoms with van der Waals surface area (Å²) in [6, 6.07) is 1.85. The second-order valence-electron chi connectivity index (χ2n) is 5.62. The van der Waals surface area contributed by atoms with Crippen LogP contribution in [0.25, 0.3) is 5.65 Å². The van der Waals surface area contributed by atoms with Crippen molar-refractivity contribution in [1.29, 1.82) is 0 Å². The summed E-state index contributed by atoms with van der Waals surface area (Å²) < 4.78 is 6.61. The predicted molar refractivity (Wildman–Crippen MR) is 78.3 cm³/mol. The second-order valence-corrected chi connectivity index (χ2v) is 5.62. The van der Waals surface area contributed by atoms with Crippen molar-refractivity contribution >= 4 is 17.5 Å². The number of hydrogen-bond acceptors (Lipinski definition) is 5. The van der Waals surface area contributed by atoms with Crippen LogP contribution in [0.2, 0.25) is 0 Å². The van der Waals surface area contributed by atoms with Crippen molar-refractivity contribution in [1.82, 2.24) is 19.9 Å². The van der Waals surface area contributed by atoms with E-state index in [1.54, 1.807) is 25.4 Å². The van der Waals surface area contributed by atoms with Gasteiger partial charge in [0.05, 0.1) is 5.69 Å². The molecule has 7 heteroatoms. The molecule has 2 aromatic rings. The number of fused-ring (bicyclic) bond motifs is 1. The van der Waals surface area contributed by atoms with Gasteiger partial charge in [0.15, 0.2) is 12.3 Å². The SMILES string of the molecule is Cc1nn2cccnc2c1C(=O)OCC(=O)NC(C)C1CC1. The van der Waals surface area contributed by atoms with Crippen LogP contribution in [0.1, 0.15) is 35.8 Å². The van der Waals surface area contributed by atoms with E-state index >= 15 is 0 Å². The van der Waals surface area contributed by atoms with E-state index in [1.807, 2.05) is 6.92 Å². The standard InChI is InChI=1S/C15H18N4O3/c1-9(11-4-5-11)17-12(20)8-22-15(21)13-10(2)18-19-7-3-6-16-14(13)19/h3,6-7,9,11H,4-5,8H2,1-2H3,(H,17,20). The Kier molecular flexibility index (Phi) is 3.79. The molecule has 116 valence electrons. The largest absolute Gasteiger partial charge is 0.452 e. The summed E-state index contributed by atoms with van der Waals surface area (Å²) in [6.45, 7) is 3.39. The third kappa shape index (κ3) is 2.93. The Morgan fingerprint density at radius 1 is 1.50 bits per heavy atom. The van der Waals surface area contributed by atoms with Crippen LogP contribution in [0.3, 0.4) is 0 Å². The van der Waals surface area contributed by atoms with Crippen LogP contribution in [0, 0.1) is 12.8 Å². The number of hydrogen-bond donors (Lipinski definition) is 1. The summed E-state index contributed by atoms with van der Waals surface area (Å²) >= 11 is 0. The Labute approximate surface area is 127 Å². The van der Waals surface area contributed by atoms with Crippen LogP contribution in [-0.4, -0.2) is 39.1 Å². The van der Waals surface area contributed by atoms with Crippen molar-refractivity contribution in [2.24, 2.45) is 5.92 Å². The number of aromatic nitrogens is 3. The molecule has 2 heterocycles. The van der Waals surface area contributed by atoms with Crippen LogP contribution in [0.5, 0.6) is 0 Å². The molecule has 0 saturated heterocycles. The first-order valence-corrected chi connectivity index (χ1v) is 7.32. The van der Waals surface area contributed by atoms with Crippen molar-refractivity contribution in [2.45, 2.75) is 32.7 Å². The van der Waals surface area contributed by atoms with E-state index in [0.717, 1.165) is 12.8 Å². The highest BCUT2D eigenvalue weighted by Gasteiger charge is 2.29. The molecule has 1 amide bonds. The van der Waals surface area contributed by atoms with Gasteiger partial charge in [-0.05, 0) is 38.7 Å². The molecular weight excluding hydrogens is 284 g/mol. The minimum Gasteiger partial charge on any atom is -0.452 e. The lowest BCUT2D eigenvalue weighted by atomic mass is 10.2. The minimum atomic E-state index is -0.583. The van der Waals surface area contributed by atoms with Crippen molar-refractivity contribution in [3.05, 3.63) is 29.7 Å². The molecule has 1 atom stereocenters. The Morgan fingerprint density at radius 2 is 2.27 bits per heavy atom. The highest BCUT2D eigenvalue weighted by Crippen LogP contribution is 2.32. The van der Waals surface area contributed by atoms with E-state index < -0.39 is 5.97 Å². The molecule has 1 unspecified atom stereocenters. The highest BCUT2D eigenvalue weighted by atomic mass is 16.5. The number of amides is 1. The first-order chi connectivity index (χ1) is 10.6. The number of esters is 1. The average Bonchev–Trinajstić information content (AvgIpc) is 3.27. The van der Waals surface area contributed by atoms with E-state index in [4.69, 9.17) is 4.74 Å². The lowest BCUT2D eigenvalue weighted by Crippen LogP contribution is -2.37. The van der Waals surface area contributed by atoms with Gasteiger partial charge in [0, 0.05) is 18.4 Å². The molecule has 1 aliphatic carbocycles. The Balaban J connectivity index is 1.63. The van der Waals surface area contributed by atoms with Crippen molar-refractivity contribution in [3.8, 4) is 0 Å². The van der Waals surface area contributed by atoms with Gasteiger partial charge in [0.1, 0.15) is 5.56 Å². The monoisotopic (exact) mass is 302 g/mol. The predicted octanol–water partition coefficient (Wildman–Crippen LogP) is 1.11. The molecule has 3 rings (SSSR count). The van der Waals surface area contributed by atoms with Crippen LogP contribution in [0.4, 0.5) is 0 Å². The fourth-order valence-electron chi connectivity index (χ4n) is 2.45. The zero-order chi connectivity index (χ0) is 15.7. The molecule has 1 saturated carbocycles. The topological polar surface area (TPSA) is 85.6 Å². The van der Waals surface area contributed by atoms with Crippen LogP contribution in [0.15, 0.2) is 18.5 Å². The number of rotatable bonds is 5. The van der Waals surface area contributed by atoms with Gasteiger partial charge >= 0.3 is 5.97 Å². The highest BCUT2D eigenvalue weighted by molar-refractivity contribution is 5.98. The molecule has 0 spiro atoms. The molecule has 0 radical (unpaired) electrons. The van der Waals surface area contributed by atoms with Gasteiger partial charge in [0.25, 0.3) is 5.91 Å². The third-order valence-corrected chi connectivity index (χ3v) is 3.83. The maximum atomic E-state index is 12.2. The number of nitrogens with zero attached hydrogens (tertiary/aromatic N) is 3. The molecule has 22 heavy (non-hydrogen) atoms. The first-order valence-electron chi connectivity index (χ1n) is 7.32. The summed E-state index contributed by atoms with van der Waals surface area (Å²) in [5.41, 5.74) is 1.25. The van der Waals surface area contributed by atoms with Gasteiger partial charge in [-0.15, -0.1) is 0 Å². The molecule has 1 aliphatic rings. The summed E-state index contributed by atoms with van der Waals surface area (Å²) in [6.07, 6.45) is 5.58. The lowest BCUT2D eigenvalue weighted by molar-refractivity contribution is -0.124. The van der Waals surface area contributed by atoms with Crippen LogP contribution < -0.4 is 5.32 Å². The van der Waals surface area contributed by atoms with Gasteiger partial charge in [0.2, 0.25) is 0 Å². The fourth-order valence-corrected chi connectivity index (χ4v) is 2.45. The Morgan fingerprint density at radius 3 is 3.00 bits per heavy atom. The first kappa shape index (κ1) is 14.5. The smallest absolute Gasteiger partial charge is 0.344 e. The van der Waals surface area contributed by atoms with Crippen LogP contribution >= 0.6 is 0 Å². The van der Waals surface area contributed by atoms with Gasteiger partial charge < -0.3 is 10.1 Å². The van der Waals surface area contributed by atoms with Gasteiger partial charge in [-0.1, -0.05) is 0 Å². The normalized spacial score (nSPS) is 15.5. The third-order valence-electron chi connectivity index (χ3n) is 3.83. The van der Waals surface area contributed by atoms with E-state index in [0.29, 0.717) is 22.8 Å². The van der Waals surface area contributed by atoms with E-state index in [-0.39, 0.29) is 18.6 Å². The summed E-state index contributed by atoms with van der Waals surface area (Å²) in [7, 11) is 0. The maximum absolute atomic E-state index is 12.2. The molecule has 0 bridgehead atoms. The van der Waals surface area contributed by atoms with Crippen molar-refractivity contribution < 1.29 is 14.3 Å². The molecule has 0 aromatic carbocycles. The van der Waals surface area contributed by atoms with E-state index in [1.165, 1.54) is 4.52 Å². The summed E-state index contributed by atoms with van der Waals surface area (Å²) in [5, 5.41) is 7.04.